The van der Waals surface area contributed by atoms with Gasteiger partial charge in [-0.1, -0.05) is 58.1 Å². The molecule has 0 saturated carbocycles. The van der Waals surface area contributed by atoms with Crippen molar-refractivity contribution in [3.05, 3.63) is 12.2 Å². The topological polar surface area (TPSA) is 26.3 Å². The molecule has 0 aliphatic carbocycles. The van der Waals surface area contributed by atoms with Gasteiger partial charge < -0.3 is 4.74 Å². The molecule has 0 unspecified atom stereocenters. The standard InChI is InChI=1S/C15H28O2/c1-3-5-6-7-8-9-10-11-12-14-17-15(16)13-4-2/h11-12H,3-10,13-14H2,1-2H3/b12-11+. The Morgan fingerprint density at radius 1 is 0.941 bits per heavy atom. The largest absolute Gasteiger partial charge is 0.461 e. The number of unbranched alkanes of at least 4 members (excludes halogenated alkanes) is 6. The van der Waals surface area contributed by atoms with Crippen LogP contribution < -0.4 is 0 Å². The molecule has 100 valence electrons. The normalized spacial score (nSPS) is 10.9. The molecule has 0 aliphatic rings. The van der Waals surface area contributed by atoms with Crippen LogP contribution in [0, 0.1) is 0 Å². The smallest absolute Gasteiger partial charge is 0.306 e. The van der Waals surface area contributed by atoms with Gasteiger partial charge in [0.2, 0.25) is 0 Å². The van der Waals surface area contributed by atoms with Crippen LogP contribution in [-0.4, -0.2) is 12.6 Å². The predicted octanol–water partition coefficient (Wildman–Crippen LogP) is 4.64. The molecule has 0 atom stereocenters. The van der Waals surface area contributed by atoms with E-state index in [0.717, 1.165) is 12.8 Å². The summed E-state index contributed by atoms with van der Waals surface area (Å²) in [6, 6.07) is 0. The van der Waals surface area contributed by atoms with Gasteiger partial charge in [0, 0.05) is 6.42 Å². The van der Waals surface area contributed by atoms with Crippen molar-refractivity contribution in [2.24, 2.45) is 0 Å². The Morgan fingerprint density at radius 3 is 2.35 bits per heavy atom. The first-order chi connectivity index (χ1) is 8.31. The number of carbonyl (C=O) groups excluding carboxylic acids is 1. The highest BCUT2D eigenvalue weighted by atomic mass is 16.5. The first kappa shape index (κ1) is 16.2. The number of esters is 1. The number of hydrogen-bond acceptors (Lipinski definition) is 2. The molecule has 0 aromatic rings. The van der Waals surface area contributed by atoms with E-state index in [4.69, 9.17) is 4.74 Å². The summed E-state index contributed by atoms with van der Waals surface area (Å²) in [4.78, 5) is 11.0. The molecule has 17 heavy (non-hydrogen) atoms. The molecule has 0 fully saturated rings. The van der Waals surface area contributed by atoms with E-state index in [0.29, 0.717) is 13.0 Å². The fourth-order valence-electron chi connectivity index (χ4n) is 1.65. The van der Waals surface area contributed by atoms with Crippen molar-refractivity contribution in [3.63, 3.8) is 0 Å². The second kappa shape index (κ2) is 13.3. The van der Waals surface area contributed by atoms with Gasteiger partial charge in [-0.3, -0.25) is 4.79 Å². The molecule has 0 bridgehead atoms. The Labute approximate surface area is 106 Å². The van der Waals surface area contributed by atoms with Gasteiger partial charge in [-0.2, -0.15) is 0 Å². The van der Waals surface area contributed by atoms with Gasteiger partial charge in [-0.15, -0.1) is 0 Å². The fourth-order valence-corrected chi connectivity index (χ4v) is 1.65. The lowest BCUT2D eigenvalue weighted by molar-refractivity contribution is -0.142. The molecule has 0 saturated heterocycles. The highest BCUT2D eigenvalue weighted by molar-refractivity contribution is 5.69. The lowest BCUT2D eigenvalue weighted by atomic mass is 10.1. The molecule has 0 aromatic heterocycles. The van der Waals surface area contributed by atoms with Crippen LogP contribution in [0.2, 0.25) is 0 Å². The number of hydrogen-bond donors (Lipinski definition) is 0. The van der Waals surface area contributed by atoms with E-state index in [-0.39, 0.29) is 5.97 Å². The third-order valence-electron chi connectivity index (χ3n) is 2.69. The second-order valence-electron chi connectivity index (χ2n) is 4.46. The molecule has 0 heterocycles. The third kappa shape index (κ3) is 13.1. The SMILES string of the molecule is CCCCCCCC/C=C/COC(=O)CCC. The van der Waals surface area contributed by atoms with Gasteiger partial charge in [0.15, 0.2) is 0 Å². The Hall–Kier alpha value is -0.790. The average molecular weight is 240 g/mol. The monoisotopic (exact) mass is 240 g/mol. The summed E-state index contributed by atoms with van der Waals surface area (Å²) >= 11 is 0. The molecule has 0 aromatic carbocycles. The van der Waals surface area contributed by atoms with Crippen molar-refractivity contribution in [3.8, 4) is 0 Å². The van der Waals surface area contributed by atoms with Crippen molar-refractivity contribution in [1.29, 1.82) is 0 Å². The van der Waals surface area contributed by atoms with E-state index in [1.54, 1.807) is 0 Å². The van der Waals surface area contributed by atoms with Gasteiger partial charge in [-0.05, 0) is 19.3 Å². The molecular weight excluding hydrogens is 212 g/mol. The maximum absolute atomic E-state index is 11.0. The van der Waals surface area contributed by atoms with E-state index in [2.05, 4.69) is 13.0 Å². The third-order valence-corrected chi connectivity index (χ3v) is 2.69. The lowest BCUT2D eigenvalue weighted by Gasteiger charge is -1.99. The van der Waals surface area contributed by atoms with Crippen LogP contribution in [0.5, 0.6) is 0 Å². The second-order valence-corrected chi connectivity index (χ2v) is 4.46. The quantitative estimate of drug-likeness (QED) is 0.299. The van der Waals surface area contributed by atoms with Crippen molar-refractivity contribution in [2.75, 3.05) is 6.61 Å². The molecule has 0 aliphatic heterocycles. The van der Waals surface area contributed by atoms with Crippen LogP contribution in [0.3, 0.4) is 0 Å². The highest BCUT2D eigenvalue weighted by Gasteiger charge is 1.96. The number of ether oxygens (including phenoxy) is 1. The molecule has 0 radical (unpaired) electrons. The zero-order chi connectivity index (χ0) is 12.8. The van der Waals surface area contributed by atoms with Crippen LogP contribution in [0.15, 0.2) is 12.2 Å². The number of allylic oxidation sites excluding steroid dienone is 1. The molecule has 0 spiro atoms. The van der Waals surface area contributed by atoms with E-state index >= 15 is 0 Å². The molecule has 0 N–H and O–H groups in total. The Kier molecular flexibility index (Phi) is 12.7. The maximum Gasteiger partial charge on any atom is 0.306 e. The van der Waals surface area contributed by atoms with Crippen LogP contribution in [0.1, 0.15) is 71.6 Å². The van der Waals surface area contributed by atoms with Crippen molar-refractivity contribution in [1.82, 2.24) is 0 Å². The molecule has 2 heteroatoms. The Balaban J connectivity index is 3.17. The fraction of sp³-hybridized carbons (Fsp3) is 0.800. The summed E-state index contributed by atoms with van der Waals surface area (Å²) < 4.78 is 5.02. The minimum atomic E-state index is -0.0864. The average Bonchev–Trinajstić information content (AvgIpc) is 2.32. The summed E-state index contributed by atoms with van der Waals surface area (Å²) in [6.07, 6.45) is 14.6. The number of rotatable bonds is 11. The molecule has 0 rings (SSSR count). The van der Waals surface area contributed by atoms with Gasteiger partial charge in [0.05, 0.1) is 0 Å². The first-order valence-electron chi connectivity index (χ1n) is 7.11. The molecular formula is C15H28O2. The predicted molar refractivity (Wildman–Crippen MR) is 73.0 cm³/mol. The molecule has 2 nitrogen and oxygen atoms in total. The van der Waals surface area contributed by atoms with Crippen LogP contribution in [-0.2, 0) is 9.53 Å². The highest BCUT2D eigenvalue weighted by Crippen LogP contribution is 2.07. The summed E-state index contributed by atoms with van der Waals surface area (Å²) in [5.74, 6) is -0.0864. The maximum atomic E-state index is 11.0. The summed E-state index contributed by atoms with van der Waals surface area (Å²) in [5, 5.41) is 0. The number of carbonyl (C=O) groups is 1. The van der Waals surface area contributed by atoms with Crippen molar-refractivity contribution < 1.29 is 9.53 Å². The van der Waals surface area contributed by atoms with Gasteiger partial charge in [0.25, 0.3) is 0 Å². The Morgan fingerprint density at radius 2 is 1.65 bits per heavy atom. The van der Waals surface area contributed by atoms with Crippen LogP contribution in [0.25, 0.3) is 0 Å². The van der Waals surface area contributed by atoms with E-state index in [1.807, 2.05) is 13.0 Å². The van der Waals surface area contributed by atoms with Crippen LogP contribution >= 0.6 is 0 Å². The van der Waals surface area contributed by atoms with Crippen LogP contribution in [0.4, 0.5) is 0 Å². The zero-order valence-electron chi connectivity index (χ0n) is 11.5. The van der Waals surface area contributed by atoms with E-state index in [1.165, 1.54) is 38.5 Å². The van der Waals surface area contributed by atoms with Crippen molar-refractivity contribution in [2.45, 2.75) is 71.6 Å². The lowest BCUT2D eigenvalue weighted by Crippen LogP contribution is -2.02. The Bertz CT molecular complexity index is 197. The van der Waals surface area contributed by atoms with E-state index < -0.39 is 0 Å². The summed E-state index contributed by atoms with van der Waals surface area (Å²) in [5.41, 5.74) is 0. The van der Waals surface area contributed by atoms with Crippen molar-refractivity contribution >= 4 is 5.97 Å². The van der Waals surface area contributed by atoms with Gasteiger partial charge in [-0.25, -0.2) is 0 Å². The minimum Gasteiger partial charge on any atom is -0.461 e. The van der Waals surface area contributed by atoms with Gasteiger partial charge in [0.1, 0.15) is 6.61 Å². The minimum absolute atomic E-state index is 0.0864. The summed E-state index contributed by atoms with van der Waals surface area (Å²) in [7, 11) is 0. The van der Waals surface area contributed by atoms with Gasteiger partial charge >= 0.3 is 5.97 Å². The molecule has 0 amide bonds. The zero-order valence-corrected chi connectivity index (χ0v) is 11.5. The summed E-state index contributed by atoms with van der Waals surface area (Å²) in [6.45, 7) is 4.66. The first-order valence-corrected chi connectivity index (χ1v) is 7.11. The van der Waals surface area contributed by atoms with E-state index in [9.17, 15) is 4.79 Å².